The SMILES string of the molecule is COc1cccc(C(C#N)NC(=O)c2ccccc2-c2ccc(C(F)(F)F)cc2)c1OC. The Morgan fingerprint density at radius 1 is 0.969 bits per heavy atom. The molecule has 0 aliphatic carbocycles. The van der Waals surface area contributed by atoms with E-state index >= 15 is 0 Å². The van der Waals surface area contributed by atoms with E-state index in [1.807, 2.05) is 6.07 Å². The maximum Gasteiger partial charge on any atom is 0.416 e. The van der Waals surface area contributed by atoms with Crippen molar-refractivity contribution in [1.29, 1.82) is 5.26 Å². The molecule has 1 N–H and O–H groups in total. The van der Waals surface area contributed by atoms with Crippen molar-refractivity contribution in [2.75, 3.05) is 14.2 Å². The van der Waals surface area contributed by atoms with Gasteiger partial charge in [0.15, 0.2) is 11.5 Å². The fraction of sp³-hybridized carbons (Fsp3) is 0.167. The second-order valence-corrected chi connectivity index (χ2v) is 6.74. The molecule has 3 rings (SSSR count). The van der Waals surface area contributed by atoms with Gasteiger partial charge in [-0.3, -0.25) is 4.79 Å². The molecule has 5 nitrogen and oxygen atoms in total. The molecule has 0 saturated heterocycles. The number of benzene rings is 3. The maximum absolute atomic E-state index is 13.0. The Kier molecular flexibility index (Phi) is 6.69. The smallest absolute Gasteiger partial charge is 0.416 e. The number of methoxy groups -OCH3 is 2. The lowest BCUT2D eigenvalue weighted by molar-refractivity contribution is -0.137. The van der Waals surface area contributed by atoms with Crippen molar-refractivity contribution in [1.82, 2.24) is 5.32 Å². The number of nitrogens with one attached hydrogen (secondary N) is 1. The third-order valence-electron chi connectivity index (χ3n) is 4.84. The van der Waals surface area contributed by atoms with E-state index in [-0.39, 0.29) is 5.56 Å². The Morgan fingerprint density at radius 2 is 1.66 bits per heavy atom. The van der Waals surface area contributed by atoms with E-state index in [0.29, 0.717) is 28.2 Å². The standard InChI is InChI=1S/C24H19F3N2O3/c1-31-21-9-5-8-19(22(21)32-2)20(14-28)29-23(30)18-7-4-3-6-17(18)15-10-12-16(13-11-15)24(25,26)27/h3-13,20H,1-2H3,(H,29,30). The van der Waals surface area contributed by atoms with Crippen LogP contribution in [0.2, 0.25) is 0 Å². The molecule has 0 radical (unpaired) electrons. The molecule has 0 fully saturated rings. The number of alkyl halides is 3. The largest absolute Gasteiger partial charge is 0.493 e. The highest BCUT2D eigenvalue weighted by atomic mass is 19.4. The van der Waals surface area contributed by atoms with Crippen molar-refractivity contribution in [3.8, 4) is 28.7 Å². The number of para-hydroxylation sites is 1. The molecule has 0 bridgehead atoms. The number of carbonyl (C=O) groups excluding carboxylic acids is 1. The summed E-state index contributed by atoms with van der Waals surface area (Å²) in [6.07, 6.45) is -4.45. The highest BCUT2D eigenvalue weighted by Crippen LogP contribution is 2.35. The molecule has 32 heavy (non-hydrogen) atoms. The fourth-order valence-corrected chi connectivity index (χ4v) is 3.30. The molecule has 0 heterocycles. The first-order chi connectivity index (χ1) is 15.3. The first-order valence-electron chi connectivity index (χ1n) is 9.48. The summed E-state index contributed by atoms with van der Waals surface area (Å²) in [6.45, 7) is 0. The molecular formula is C24H19F3N2O3. The molecule has 3 aromatic carbocycles. The van der Waals surface area contributed by atoms with Crippen LogP contribution >= 0.6 is 0 Å². The van der Waals surface area contributed by atoms with Gasteiger partial charge in [-0.1, -0.05) is 42.5 Å². The van der Waals surface area contributed by atoms with Gasteiger partial charge in [0.1, 0.15) is 6.04 Å². The van der Waals surface area contributed by atoms with Gasteiger partial charge < -0.3 is 14.8 Å². The van der Waals surface area contributed by atoms with Gasteiger partial charge >= 0.3 is 6.18 Å². The number of nitrogens with zero attached hydrogens (tertiary/aromatic N) is 1. The summed E-state index contributed by atoms with van der Waals surface area (Å²) < 4.78 is 49.2. The topological polar surface area (TPSA) is 71.3 Å². The molecule has 0 aromatic heterocycles. The van der Waals surface area contributed by atoms with E-state index in [2.05, 4.69) is 5.32 Å². The second-order valence-electron chi connectivity index (χ2n) is 6.74. The predicted octanol–water partition coefficient (Wildman–Crippen LogP) is 5.38. The van der Waals surface area contributed by atoms with Gasteiger partial charge in [0.25, 0.3) is 5.91 Å². The van der Waals surface area contributed by atoms with Crippen molar-refractivity contribution in [3.05, 3.63) is 83.4 Å². The van der Waals surface area contributed by atoms with E-state index in [1.165, 1.54) is 26.4 Å². The van der Waals surface area contributed by atoms with E-state index in [9.17, 15) is 23.2 Å². The van der Waals surface area contributed by atoms with Gasteiger partial charge in [-0.15, -0.1) is 0 Å². The number of rotatable bonds is 6. The summed E-state index contributed by atoms with van der Waals surface area (Å²) in [6, 6.07) is 17.0. The Bertz CT molecular complexity index is 1150. The van der Waals surface area contributed by atoms with E-state index in [4.69, 9.17) is 9.47 Å². The number of hydrogen-bond donors (Lipinski definition) is 1. The Balaban J connectivity index is 1.94. The molecule has 0 spiro atoms. The zero-order valence-corrected chi connectivity index (χ0v) is 17.2. The summed E-state index contributed by atoms with van der Waals surface area (Å²) >= 11 is 0. The van der Waals surface area contributed by atoms with Gasteiger partial charge in [-0.25, -0.2) is 0 Å². The normalized spacial score (nSPS) is 11.9. The van der Waals surface area contributed by atoms with E-state index < -0.39 is 23.7 Å². The minimum atomic E-state index is -4.45. The zero-order chi connectivity index (χ0) is 23.3. The third-order valence-corrected chi connectivity index (χ3v) is 4.84. The van der Waals surface area contributed by atoms with Crippen LogP contribution in [-0.2, 0) is 6.18 Å². The van der Waals surface area contributed by atoms with Crippen molar-refractivity contribution in [3.63, 3.8) is 0 Å². The van der Waals surface area contributed by atoms with E-state index in [0.717, 1.165) is 12.1 Å². The minimum absolute atomic E-state index is 0.217. The Labute approximate surface area is 183 Å². The van der Waals surface area contributed by atoms with Crippen molar-refractivity contribution >= 4 is 5.91 Å². The summed E-state index contributed by atoms with van der Waals surface area (Å²) in [5.74, 6) is 0.166. The lowest BCUT2D eigenvalue weighted by atomic mass is 9.97. The molecule has 8 heteroatoms. The fourth-order valence-electron chi connectivity index (χ4n) is 3.30. The molecular weight excluding hydrogens is 421 g/mol. The van der Waals surface area contributed by atoms with Crippen LogP contribution in [0.5, 0.6) is 11.5 Å². The maximum atomic E-state index is 13.0. The summed E-state index contributed by atoms with van der Waals surface area (Å²) in [5.41, 5.74) is 0.728. The molecule has 0 saturated carbocycles. The van der Waals surface area contributed by atoms with Crippen LogP contribution in [0.25, 0.3) is 11.1 Å². The van der Waals surface area contributed by atoms with Crippen LogP contribution in [0.15, 0.2) is 66.7 Å². The average molecular weight is 440 g/mol. The molecule has 3 aromatic rings. The number of amides is 1. The van der Waals surface area contributed by atoms with Crippen LogP contribution in [-0.4, -0.2) is 20.1 Å². The van der Waals surface area contributed by atoms with Crippen molar-refractivity contribution in [2.45, 2.75) is 12.2 Å². The number of halogens is 3. The van der Waals surface area contributed by atoms with Gasteiger partial charge in [0, 0.05) is 11.1 Å². The third kappa shape index (κ3) is 4.67. The molecule has 1 unspecified atom stereocenters. The number of hydrogen-bond acceptors (Lipinski definition) is 4. The average Bonchev–Trinajstić information content (AvgIpc) is 2.81. The van der Waals surface area contributed by atoms with Crippen molar-refractivity contribution in [2.24, 2.45) is 0 Å². The predicted molar refractivity (Wildman–Crippen MR) is 112 cm³/mol. The second kappa shape index (κ2) is 9.43. The van der Waals surface area contributed by atoms with Gasteiger partial charge in [-0.2, -0.15) is 18.4 Å². The van der Waals surface area contributed by atoms with Gasteiger partial charge in [0.05, 0.1) is 25.9 Å². The summed E-state index contributed by atoms with van der Waals surface area (Å²) in [5, 5.41) is 12.3. The van der Waals surface area contributed by atoms with Crippen LogP contribution < -0.4 is 14.8 Å². The van der Waals surface area contributed by atoms with Crippen LogP contribution in [0.1, 0.15) is 27.5 Å². The quantitative estimate of drug-likeness (QED) is 0.558. The monoisotopic (exact) mass is 440 g/mol. The first kappa shape index (κ1) is 22.7. The zero-order valence-electron chi connectivity index (χ0n) is 17.2. The lowest BCUT2D eigenvalue weighted by Crippen LogP contribution is -2.28. The molecule has 164 valence electrons. The number of carbonyl (C=O) groups is 1. The highest BCUT2D eigenvalue weighted by molar-refractivity contribution is 6.01. The van der Waals surface area contributed by atoms with Crippen molar-refractivity contribution < 1.29 is 27.4 Å². The van der Waals surface area contributed by atoms with Gasteiger partial charge in [0.2, 0.25) is 0 Å². The summed E-state index contributed by atoms with van der Waals surface area (Å²) in [7, 11) is 2.89. The van der Waals surface area contributed by atoms with Gasteiger partial charge in [-0.05, 0) is 35.4 Å². The van der Waals surface area contributed by atoms with Crippen LogP contribution in [0.3, 0.4) is 0 Å². The lowest BCUT2D eigenvalue weighted by Gasteiger charge is -2.18. The summed E-state index contributed by atoms with van der Waals surface area (Å²) in [4.78, 5) is 13.0. The molecule has 0 aliphatic heterocycles. The number of ether oxygens (including phenoxy) is 2. The van der Waals surface area contributed by atoms with Crippen LogP contribution in [0, 0.1) is 11.3 Å². The Morgan fingerprint density at radius 3 is 2.25 bits per heavy atom. The first-order valence-corrected chi connectivity index (χ1v) is 9.48. The number of nitriles is 1. The molecule has 1 atom stereocenters. The van der Waals surface area contributed by atoms with Crippen LogP contribution in [0.4, 0.5) is 13.2 Å². The van der Waals surface area contributed by atoms with E-state index in [1.54, 1.807) is 42.5 Å². The highest BCUT2D eigenvalue weighted by Gasteiger charge is 2.30. The Hall–Kier alpha value is -3.99. The molecule has 0 aliphatic rings. The minimum Gasteiger partial charge on any atom is -0.493 e. The molecule has 1 amide bonds.